The van der Waals surface area contributed by atoms with E-state index < -0.39 is 0 Å². The Labute approximate surface area is 177 Å². The molecule has 0 spiro atoms. The monoisotopic (exact) mass is 408 g/mol. The van der Waals surface area contributed by atoms with Crippen molar-refractivity contribution in [3.63, 3.8) is 0 Å². The minimum absolute atomic E-state index is 0.126. The second-order valence-electron chi connectivity index (χ2n) is 11.0. The van der Waals surface area contributed by atoms with Gasteiger partial charge < -0.3 is 20.4 Å². The van der Waals surface area contributed by atoms with E-state index in [-0.39, 0.29) is 29.8 Å². The summed E-state index contributed by atoms with van der Waals surface area (Å²) in [5.74, 6) is 2.64. The molecule has 0 radical (unpaired) electrons. The predicted octanol–water partition coefficient (Wildman–Crippen LogP) is 4.18. The molecule has 4 nitrogen and oxygen atoms in total. The topological polar surface area (TPSA) is 80.9 Å². The first-order valence-electron chi connectivity index (χ1n) is 12.7. The summed E-state index contributed by atoms with van der Waals surface area (Å²) >= 11 is 0. The lowest BCUT2D eigenvalue weighted by molar-refractivity contribution is -0.132. The summed E-state index contributed by atoms with van der Waals surface area (Å²) in [6, 6.07) is 0. The van der Waals surface area contributed by atoms with Gasteiger partial charge in [-0.15, -0.1) is 0 Å². The second-order valence-corrected chi connectivity index (χ2v) is 11.0. The Balaban J connectivity index is 1.69. The Kier molecular flexibility index (Phi) is 7.26. The van der Waals surface area contributed by atoms with E-state index in [4.69, 9.17) is 0 Å². The van der Waals surface area contributed by atoms with Gasteiger partial charge >= 0.3 is 0 Å². The first-order chi connectivity index (χ1) is 14.0. The van der Waals surface area contributed by atoms with Gasteiger partial charge in [0.2, 0.25) is 0 Å². The highest BCUT2D eigenvalue weighted by atomic mass is 16.3. The fourth-order valence-electron chi connectivity index (χ4n) is 8.30. The van der Waals surface area contributed by atoms with E-state index in [1.807, 2.05) is 0 Å². The lowest BCUT2D eigenvalue weighted by Gasteiger charge is -2.60. The smallest absolute Gasteiger partial charge is 0.0540 e. The maximum absolute atomic E-state index is 10.2. The van der Waals surface area contributed by atoms with E-state index in [2.05, 4.69) is 0 Å². The van der Waals surface area contributed by atoms with Gasteiger partial charge in [-0.05, 0) is 132 Å². The first kappa shape index (κ1) is 22.0. The lowest BCUT2D eigenvalue weighted by Crippen LogP contribution is -2.54. The highest BCUT2D eigenvalue weighted by molar-refractivity contribution is 5.05. The van der Waals surface area contributed by atoms with E-state index in [0.717, 1.165) is 103 Å². The summed E-state index contributed by atoms with van der Waals surface area (Å²) in [7, 11) is 0. The van der Waals surface area contributed by atoms with Crippen molar-refractivity contribution in [2.45, 2.75) is 127 Å². The summed E-state index contributed by atoms with van der Waals surface area (Å²) in [6.45, 7) is 0. The Morgan fingerprint density at radius 2 is 0.483 bits per heavy atom. The van der Waals surface area contributed by atoms with Crippen LogP contribution in [0.2, 0.25) is 0 Å². The standard InChI is InChI=1S/C25H44O4/c26-21-9-1-17(2-10-21)25(18-3-11-22(27)12-4-18,19-5-13-23(28)14-6-19)20-7-15-24(29)16-8-20/h17-24,26-29H,1-16H2. The summed E-state index contributed by atoms with van der Waals surface area (Å²) in [5.41, 5.74) is 0.278. The summed E-state index contributed by atoms with van der Waals surface area (Å²) in [4.78, 5) is 0. The van der Waals surface area contributed by atoms with Crippen LogP contribution >= 0.6 is 0 Å². The number of aliphatic hydroxyl groups is 4. The molecule has 4 heteroatoms. The van der Waals surface area contributed by atoms with Crippen LogP contribution in [0.1, 0.15) is 103 Å². The summed E-state index contributed by atoms with van der Waals surface area (Å²) < 4.78 is 0. The zero-order chi connectivity index (χ0) is 20.4. The molecule has 4 aliphatic rings. The molecule has 4 fully saturated rings. The van der Waals surface area contributed by atoms with E-state index >= 15 is 0 Å². The maximum Gasteiger partial charge on any atom is 0.0540 e. The van der Waals surface area contributed by atoms with E-state index in [9.17, 15) is 20.4 Å². The van der Waals surface area contributed by atoms with E-state index in [1.54, 1.807) is 0 Å². The average molecular weight is 409 g/mol. The number of hydrogen-bond donors (Lipinski definition) is 4. The van der Waals surface area contributed by atoms with Crippen LogP contribution in [0.25, 0.3) is 0 Å². The van der Waals surface area contributed by atoms with E-state index in [1.165, 1.54) is 0 Å². The zero-order valence-electron chi connectivity index (χ0n) is 18.2. The lowest BCUT2D eigenvalue weighted by atomic mass is 9.45. The van der Waals surface area contributed by atoms with Crippen molar-refractivity contribution in [1.29, 1.82) is 0 Å². The van der Waals surface area contributed by atoms with Crippen LogP contribution < -0.4 is 0 Å². The van der Waals surface area contributed by atoms with Crippen LogP contribution in [0.5, 0.6) is 0 Å². The molecule has 0 aliphatic heterocycles. The predicted molar refractivity (Wildman–Crippen MR) is 114 cm³/mol. The maximum atomic E-state index is 10.2. The Morgan fingerprint density at radius 3 is 0.655 bits per heavy atom. The highest BCUT2D eigenvalue weighted by Gasteiger charge is 2.56. The number of rotatable bonds is 4. The van der Waals surface area contributed by atoms with Gasteiger partial charge in [0.15, 0.2) is 0 Å². The van der Waals surface area contributed by atoms with Gasteiger partial charge in [-0.3, -0.25) is 0 Å². The van der Waals surface area contributed by atoms with Gasteiger partial charge in [0.1, 0.15) is 0 Å². The average Bonchev–Trinajstić information content (AvgIpc) is 2.73. The van der Waals surface area contributed by atoms with Gasteiger partial charge in [-0.1, -0.05) is 0 Å². The van der Waals surface area contributed by atoms with Gasteiger partial charge in [0, 0.05) is 0 Å². The fraction of sp³-hybridized carbons (Fsp3) is 1.00. The van der Waals surface area contributed by atoms with Gasteiger partial charge in [0.25, 0.3) is 0 Å². The Bertz CT molecular complexity index is 397. The Hall–Kier alpha value is -0.160. The molecule has 0 unspecified atom stereocenters. The molecular weight excluding hydrogens is 364 g/mol. The summed E-state index contributed by atoms with van der Waals surface area (Å²) in [5, 5.41) is 40.9. The molecule has 0 heterocycles. The second kappa shape index (κ2) is 9.54. The molecule has 0 saturated heterocycles. The van der Waals surface area contributed by atoms with Gasteiger partial charge in [-0.25, -0.2) is 0 Å². The molecule has 4 N–H and O–H groups in total. The third-order valence-electron chi connectivity index (χ3n) is 9.62. The third kappa shape index (κ3) is 4.56. The van der Waals surface area contributed by atoms with Crippen LogP contribution in [0, 0.1) is 29.1 Å². The largest absolute Gasteiger partial charge is 0.393 e. The minimum atomic E-state index is -0.126. The molecule has 29 heavy (non-hydrogen) atoms. The molecule has 0 aromatic heterocycles. The first-order valence-corrected chi connectivity index (χ1v) is 12.7. The molecule has 0 aromatic rings. The van der Waals surface area contributed by atoms with Crippen LogP contribution in [0.3, 0.4) is 0 Å². The van der Waals surface area contributed by atoms with Crippen LogP contribution in [-0.2, 0) is 0 Å². The van der Waals surface area contributed by atoms with Crippen LogP contribution in [0.15, 0.2) is 0 Å². The van der Waals surface area contributed by atoms with Crippen molar-refractivity contribution in [3.05, 3.63) is 0 Å². The molecule has 0 amide bonds. The SMILES string of the molecule is OC1CCC(C(C2CCC(O)CC2)(C2CCC(O)CC2)C2CCC(O)CC2)CC1. The van der Waals surface area contributed by atoms with Crippen molar-refractivity contribution in [2.24, 2.45) is 29.1 Å². The number of hydrogen-bond acceptors (Lipinski definition) is 4. The van der Waals surface area contributed by atoms with Crippen molar-refractivity contribution >= 4 is 0 Å². The molecule has 0 atom stereocenters. The highest BCUT2D eigenvalue weighted by Crippen LogP contribution is 2.62. The third-order valence-corrected chi connectivity index (χ3v) is 9.62. The molecule has 168 valence electrons. The van der Waals surface area contributed by atoms with Crippen molar-refractivity contribution in [3.8, 4) is 0 Å². The molecule has 4 saturated carbocycles. The molecule has 0 bridgehead atoms. The van der Waals surface area contributed by atoms with Crippen molar-refractivity contribution in [1.82, 2.24) is 0 Å². The molecule has 4 rings (SSSR count). The van der Waals surface area contributed by atoms with Gasteiger partial charge in [-0.2, -0.15) is 0 Å². The normalized spacial score (nSPS) is 46.8. The van der Waals surface area contributed by atoms with E-state index in [0.29, 0.717) is 23.7 Å². The molecule has 0 aromatic carbocycles. The Morgan fingerprint density at radius 1 is 0.310 bits per heavy atom. The van der Waals surface area contributed by atoms with Crippen molar-refractivity contribution < 1.29 is 20.4 Å². The fourth-order valence-corrected chi connectivity index (χ4v) is 8.30. The van der Waals surface area contributed by atoms with Crippen LogP contribution in [-0.4, -0.2) is 44.8 Å². The summed E-state index contributed by atoms with van der Waals surface area (Å²) in [6.07, 6.45) is 16.1. The van der Waals surface area contributed by atoms with Crippen molar-refractivity contribution in [2.75, 3.05) is 0 Å². The molecule has 4 aliphatic carbocycles. The zero-order valence-corrected chi connectivity index (χ0v) is 18.2. The quantitative estimate of drug-likeness (QED) is 0.563. The minimum Gasteiger partial charge on any atom is -0.393 e. The molecular formula is C25H44O4. The number of aliphatic hydroxyl groups excluding tert-OH is 4. The van der Waals surface area contributed by atoms with Gasteiger partial charge in [0.05, 0.1) is 24.4 Å². The van der Waals surface area contributed by atoms with Crippen LogP contribution in [0.4, 0.5) is 0 Å².